The number of nitrogens with zero attached hydrogens (tertiary/aromatic N) is 2. The number of hydrogen-bond acceptors (Lipinski definition) is 3. The molecular formula is C11H18N4O. The van der Waals surface area contributed by atoms with Crippen molar-refractivity contribution in [3.63, 3.8) is 0 Å². The lowest BCUT2D eigenvalue weighted by Gasteiger charge is -2.04. The van der Waals surface area contributed by atoms with Gasteiger partial charge in [-0.15, -0.1) is 0 Å². The van der Waals surface area contributed by atoms with Crippen molar-refractivity contribution in [1.82, 2.24) is 15.1 Å². The molecule has 0 atom stereocenters. The van der Waals surface area contributed by atoms with Crippen LogP contribution in [0.5, 0.6) is 0 Å². The van der Waals surface area contributed by atoms with Crippen molar-refractivity contribution in [3.8, 4) is 0 Å². The van der Waals surface area contributed by atoms with E-state index in [1.54, 1.807) is 6.20 Å². The van der Waals surface area contributed by atoms with Crippen LogP contribution in [-0.4, -0.2) is 28.3 Å². The van der Waals surface area contributed by atoms with Gasteiger partial charge in [0, 0.05) is 18.3 Å². The number of nitrogens with one attached hydrogen (secondary N) is 2. The molecule has 1 saturated carbocycles. The number of rotatable bonds is 5. The van der Waals surface area contributed by atoms with Gasteiger partial charge in [-0.2, -0.15) is 5.10 Å². The van der Waals surface area contributed by atoms with Crippen LogP contribution in [0, 0.1) is 0 Å². The lowest BCUT2D eigenvalue weighted by atomic mass is 10.4. The van der Waals surface area contributed by atoms with Crippen molar-refractivity contribution < 1.29 is 4.79 Å². The average molecular weight is 222 g/mol. The fourth-order valence-corrected chi connectivity index (χ4v) is 1.41. The van der Waals surface area contributed by atoms with E-state index in [4.69, 9.17) is 0 Å². The molecule has 5 heteroatoms. The highest BCUT2D eigenvalue weighted by Crippen LogP contribution is 2.18. The first kappa shape index (κ1) is 11.1. The molecule has 0 unspecified atom stereocenters. The molecule has 0 saturated heterocycles. The zero-order valence-corrected chi connectivity index (χ0v) is 9.73. The summed E-state index contributed by atoms with van der Waals surface area (Å²) in [5.41, 5.74) is 0.760. The summed E-state index contributed by atoms with van der Waals surface area (Å²) in [6, 6.07) is 0.874. The van der Waals surface area contributed by atoms with Crippen LogP contribution in [0.4, 0.5) is 5.69 Å². The third-order valence-corrected chi connectivity index (χ3v) is 2.54. The van der Waals surface area contributed by atoms with Crippen molar-refractivity contribution in [1.29, 1.82) is 0 Å². The summed E-state index contributed by atoms with van der Waals surface area (Å²) in [5, 5.41) is 10.1. The zero-order chi connectivity index (χ0) is 11.5. The summed E-state index contributed by atoms with van der Waals surface area (Å²) >= 11 is 0. The Morgan fingerprint density at radius 1 is 1.62 bits per heavy atom. The first-order valence-electron chi connectivity index (χ1n) is 5.72. The smallest absolute Gasteiger partial charge is 0.238 e. The second-order valence-electron chi connectivity index (χ2n) is 4.51. The van der Waals surface area contributed by atoms with Crippen LogP contribution in [-0.2, 0) is 4.79 Å². The zero-order valence-electron chi connectivity index (χ0n) is 9.73. The number of aromatic nitrogens is 2. The fraction of sp³-hybridized carbons (Fsp3) is 0.636. The summed E-state index contributed by atoms with van der Waals surface area (Å²) in [5.74, 6) is -0.00444. The van der Waals surface area contributed by atoms with E-state index in [2.05, 4.69) is 15.7 Å². The minimum Gasteiger partial charge on any atom is -0.322 e. The van der Waals surface area contributed by atoms with Gasteiger partial charge in [0.15, 0.2) is 0 Å². The minimum atomic E-state index is -0.00444. The molecule has 5 nitrogen and oxygen atoms in total. The van der Waals surface area contributed by atoms with Gasteiger partial charge < -0.3 is 10.6 Å². The average Bonchev–Trinajstić information content (AvgIpc) is 2.95. The van der Waals surface area contributed by atoms with Crippen LogP contribution in [0.3, 0.4) is 0 Å². The van der Waals surface area contributed by atoms with E-state index in [-0.39, 0.29) is 5.91 Å². The molecule has 1 amide bonds. The monoisotopic (exact) mass is 222 g/mol. The maximum Gasteiger partial charge on any atom is 0.238 e. The maximum absolute atomic E-state index is 11.5. The molecule has 16 heavy (non-hydrogen) atoms. The molecule has 2 N–H and O–H groups in total. The molecular weight excluding hydrogens is 204 g/mol. The van der Waals surface area contributed by atoms with Crippen molar-refractivity contribution in [3.05, 3.63) is 12.4 Å². The van der Waals surface area contributed by atoms with Crippen LogP contribution in [0.15, 0.2) is 12.4 Å². The summed E-state index contributed by atoms with van der Waals surface area (Å²) in [6.07, 6.45) is 5.91. The van der Waals surface area contributed by atoms with E-state index < -0.39 is 0 Å². The number of carbonyl (C=O) groups is 1. The van der Waals surface area contributed by atoms with E-state index >= 15 is 0 Å². The predicted molar refractivity (Wildman–Crippen MR) is 62.3 cm³/mol. The molecule has 1 aromatic rings. The van der Waals surface area contributed by atoms with E-state index in [0.717, 1.165) is 5.69 Å². The highest BCUT2D eigenvalue weighted by Gasteiger charge is 2.21. The Hall–Kier alpha value is -1.36. The van der Waals surface area contributed by atoms with Gasteiger partial charge in [-0.3, -0.25) is 9.48 Å². The van der Waals surface area contributed by atoms with Gasteiger partial charge in [-0.05, 0) is 26.7 Å². The summed E-state index contributed by atoms with van der Waals surface area (Å²) < 4.78 is 1.82. The Morgan fingerprint density at radius 3 is 2.94 bits per heavy atom. The standard InChI is InChI=1S/C11H18N4O/c1-8(2)15-7-10(5-13-15)14-11(16)6-12-9-3-4-9/h5,7-9,12H,3-4,6H2,1-2H3,(H,14,16). The molecule has 1 heterocycles. The number of amides is 1. The van der Waals surface area contributed by atoms with Gasteiger partial charge in [0.2, 0.25) is 5.91 Å². The number of anilines is 1. The largest absolute Gasteiger partial charge is 0.322 e. The first-order chi connectivity index (χ1) is 7.65. The third kappa shape index (κ3) is 3.06. The van der Waals surface area contributed by atoms with Crippen molar-refractivity contribution in [2.75, 3.05) is 11.9 Å². The first-order valence-corrected chi connectivity index (χ1v) is 5.72. The van der Waals surface area contributed by atoms with E-state index in [1.165, 1.54) is 12.8 Å². The predicted octanol–water partition coefficient (Wildman–Crippen LogP) is 1.15. The van der Waals surface area contributed by atoms with Gasteiger partial charge in [-0.1, -0.05) is 0 Å². The number of carbonyl (C=O) groups excluding carboxylic acids is 1. The molecule has 1 aliphatic carbocycles. The second kappa shape index (κ2) is 4.65. The Bertz CT molecular complexity index is 368. The van der Waals surface area contributed by atoms with Gasteiger partial charge in [0.25, 0.3) is 0 Å². The van der Waals surface area contributed by atoms with Gasteiger partial charge in [-0.25, -0.2) is 0 Å². The highest BCUT2D eigenvalue weighted by molar-refractivity contribution is 5.91. The summed E-state index contributed by atoms with van der Waals surface area (Å²) in [7, 11) is 0. The van der Waals surface area contributed by atoms with Crippen molar-refractivity contribution >= 4 is 11.6 Å². The van der Waals surface area contributed by atoms with Crippen LogP contribution >= 0.6 is 0 Å². The molecule has 0 bridgehead atoms. The van der Waals surface area contributed by atoms with Gasteiger partial charge in [0.1, 0.15) is 0 Å². The summed E-state index contributed by atoms with van der Waals surface area (Å²) in [6.45, 7) is 4.48. The second-order valence-corrected chi connectivity index (χ2v) is 4.51. The van der Waals surface area contributed by atoms with E-state index in [1.807, 2.05) is 24.7 Å². The van der Waals surface area contributed by atoms with E-state index in [9.17, 15) is 4.79 Å². The number of hydrogen-bond donors (Lipinski definition) is 2. The topological polar surface area (TPSA) is 59.0 Å². The molecule has 1 aliphatic rings. The molecule has 0 aromatic carbocycles. The Balaban J connectivity index is 1.79. The molecule has 1 aromatic heterocycles. The third-order valence-electron chi connectivity index (χ3n) is 2.54. The van der Waals surface area contributed by atoms with Crippen molar-refractivity contribution in [2.24, 2.45) is 0 Å². The van der Waals surface area contributed by atoms with Gasteiger partial charge in [0.05, 0.1) is 18.4 Å². The normalized spacial score (nSPS) is 15.4. The van der Waals surface area contributed by atoms with Crippen LogP contribution in [0.1, 0.15) is 32.7 Å². The van der Waals surface area contributed by atoms with Gasteiger partial charge >= 0.3 is 0 Å². The van der Waals surface area contributed by atoms with E-state index in [0.29, 0.717) is 18.6 Å². The van der Waals surface area contributed by atoms with Crippen LogP contribution in [0.25, 0.3) is 0 Å². The molecule has 1 fully saturated rings. The fourth-order valence-electron chi connectivity index (χ4n) is 1.41. The Labute approximate surface area is 95.2 Å². The molecule has 0 spiro atoms. The lowest BCUT2D eigenvalue weighted by molar-refractivity contribution is -0.115. The van der Waals surface area contributed by atoms with Crippen LogP contribution in [0.2, 0.25) is 0 Å². The quantitative estimate of drug-likeness (QED) is 0.785. The highest BCUT2D eigenvalue weighted by atomic mass is 16.1. The molecule has 0 aliphatic heterocycles. The summed E-state index contributed by atoms with van der Waals surface area (Å²) in [4.78, 5) is 11.5. The van der Waals surface area contributed by atoms with Crippen LogP contribution < -0.4 is 10.6 Å². The molecule has 0 radical (unpaired) electrons. The Morgan fingerprint density at radius 2 is 2.38 bits per heavy atom. The molecule has 88 valence electrons. The van der Waals surface area contributed by atoms with Crippen molar-refractivity contribution in [2.45, 2.75) is 38.8 Å². The Kier molecular flexibility index (Phi) is 3.24. The molecule has 2 rings (SSSR count). The maximum atomic E-state index is 11.5. The SMILES string of the molecule is CC(C)n1cc(NC(=O)CNC2CC2)cn1. The minimum absolute atomic E-state index is 0.00444. The lowest BCUT2D eigenvalue weighted by Crippen LogP contribution is -2.29.